The molecule has 0 fully saturated rings. The van der Waals surface area contributed by atoms with E-state index in [1.54, 1.807) is 0 Å². The first kappa shape index (κ1) is 16.0. The quantitative estimate of drug-likeness (QED) is 0.768. The van der Waals surface area contributed by atoms with Gasteiger partial charge in [-0.15, -0.1) is 0 Å². The number of nitrogens with one attached hydrogen (secondary N) is 2. The second kappa shape index (κ2) is 8.20. The monoisotopic (exact) mass is 298 g/mol. The summed E-state index contributed by atoms with van der Waals surface area (Å²) in [7, 11) is 0. The number of benzene rings is 2. The molecule has 0 unspecified atom stereocenters. The lowest BCUT2D eigenvalue weighted by molar-refractivity contribution is 0.229. The molecule has 0 heterocycles. The third-order valence-electron chi connectivity index (χ3n) is 3.50. The number of carbonyl (C=O) groups is 1. The Kier molecular flexibility index (Phi) is 5.98. The predicted octanol–water partition coefficient (Wildman–Crippen LogP) is 2.92. The molecule has 2 aromatic carbocycles. The number of hydrogen-bond acceptors (Lipinski definition) is 2. The van der Waals surface area contributed by atoms with E-state index in [9.17, 15) is 9.90 Å². The van der Waals surface area contributed by atoms with Crippen LogP contribution < -0.4 is 10.6 Å². The fourth-order valence-electron chi connectivity index (χ4n) is 2.23. The van der Waals surface area contributed by atoms with E-state index < -0.39 is 0 Å². The minimum Gasteiger partial charge on any atom is -0.396 e. The lowest BCUT2D eigenvalue weighted by Crippen LogP contribution is -2.37. The van der Waals surface area contributed by atoms with Gasteiger partial charge in [-0.1, -0.05) is 60.2 Å². The van der Waals surface area contributed by atoms with Gasteiger partial charge in [-0.2, -0.15) is 0 Å². The lowest BCUT2D eigenvalue weighted by atomic mass is 10.0. The maximum Gasteiger partial charge on any atom is 0.315 e. The van der Waals surface area contributed by atoms with Gasteiger partial charge in [0.2, 0.25) is 0 Å². The van der Waals surface area contributed by atoms with E-state index in [1.807, 2.05) is 61.5 Å². The first-order valence-electron chi connectivity index (χ1n) is 7.45. The molecule has 3 N–H and O–H groups in total. The van der Waals surface area contributed by atoms with Crippen LogP contribution in [0.4, 0.5) is 4.79 Å². The largest absolute Gasteiger partial charge is 0.396 e. The van der Waals surface area contributed by atoms with Gasteiger partial charge in [-0.25, -0.2) is 4.79 Å². The molecule has 1 atom stereocenters. The van der Waals surface area contributed by atoms with Crippen molar-refractivity contribution >= 4 is 6.03 Å². The van der Waals surface area contributed by atoms with Gasteiger partial charge >= 0.3 is 6.03 Å². The zero-order valence-corrected chi connectivity index (χ0v) is 12.8. The maximum absolute atomic E-state index is 12.0. The summed E-state index contributed by atoms with van der Waals surface area (Å²) in [6, 6.07) is 17.3. The molecule has 0 spiro atoms. The molecule has 0 aliphatic rings. The number of rotatable bonds is 6. The van der Waals surface area contributed by atoms with E-state index in [0.717, 1.165) is 11.1 Å². The minimum atomic E-state index is -0.233. The molecule has 2 aromatic rings. The lowest BCUT2D eigenvalue weighted by Gasteiger charge is -2.18. The van der Waals surface area contributed by atoms with Crippen molar-refractivity contribution in [3.63, 3.8) is 0 Å². The van der Waals surface area contributed by atoms with Gasteiger partial charge < -0.3 is 15.7 Å². The standard InChI is InChI=1S/C18H22N2O2/c1-14-7-9-15(10-8-14)13-19-18(22)20-17(11-12-21)16-5-3-2-4-6-16/h2-10,17,21H,11-13H2,1H3,(H2,19,20,22)/t17-/m1/s1. The fourth-order valence-corrected chi connectivity index (χ4v) is 2.23. The second-order valence-electron chi connectivity index (χ2n) is 5.29. The normalized spacial score (nSPS) is 11.7. The van der Waals surface area contributed by atoms with Crippen molar-refractivity contribution in [2.24, 2.45) is 0 Å². The van der Waals surface area contributed by atoms with Gasteiger partial charge in [0, 0.05) is 13.2 Å². The average molecular weight is 298 g/mol. The highest BCUT2D eigenvalue weighted by Crippen LogP contribution is 2.15. The molecule has 4 heteroatoms. The summed E-state index contributed by atoms with van der Waals surface area (Å²) >= 11 is 0. The molecule has 0 aliphatic heterocycles. The number of aryl methyl sites for hydroxylation is 1. The number of amides is 2. The van der Waals surface area contributed by atoms with Crippen LogP contribution in [-0.4, -0.2) is 17.7 Å². The highest BCUT2D eigenvalue weighted by Gasteiger charge is 2.13. The molecule has 2 rings (SSSR count). The summed E-state index contributed by atoms with van der Waals surface area (Å²) in [4.78, 5) is 12.0. The number of urea groups is 1. The number of carbonyl (C=O) groups excluding carboxylic acids is 1. The zero-order valence-electron chi connectivity index (χ0n) is 12.8. The van der Waals surface area contributed by atoms with E-state index in [0.29, 0.717) is 13.0 Å². The number of aliphatic hydroxyl groups excluding tert-OH is 1. The van der Waals surface area contributed by atoms with Gasteiger partial charge in [0.25, 0.3) is 0 Å². The van der Waals surface area contributed by atoms with Crippen LogP contribution in [0.25, 0.3) is 0 Å². The fraction of sp³-hybridized carbons (Fsp3) is 0.278. The Bertz CT molecular complexity index is 582. The summed E-state index contributed by atoms with van der Waals surface area (Å²) in [5.74, 6) is 0. The summed E-state index contributed by atoms with van der Waals surface area (Å²) in [5, 5.41) is 14.9. The molecule has 2 amide bonds. The van der Waals surface area contributed by atoms with Crippen molar-refractivity contribution in [3.8, 4) is 0 Å². The van der Waals surface area contributed by atoms with Crippen molar-refractivity contribution in [1.29, 1.82) is 0 Å². The third-order valence-corrected chi connectivity index (χ3v) is 3.50. The maximum atomic E-state index is 12.0. The first-order chi connectivity index (χ1) is 10.7. The molecule has 22 heavy (non-hydrogen) atoms. The van der Waals surface area contributed by atoms with Gasteiger partial charge in [0.1, 0.15) is 0 Å². The minimum absolute atomic E-state index is 0.0256. The molecule has 0 radical (unpaired) electrons. The van der Waals surface area contributed by atoms with Crippen molar-refractivity contribution in [2.45, 2.75) is 25.9 Å². The molecule has 0 aliphatic carbocycles. The van der Waals surface area contributed by atoms with Gasteiger partial charge in [-0.3, -0.25) is 0 Å². The van der Waals surface area contributed by atoms with Crippen LogP contribution >= 0.6 is 0 Å². The van der Waals surface area contributed by atoms with Gasteiger partial charge in [0.05, 0.1) is 6.04 Å². The van der Waals surface area contributed by atoms with Crippen LogP contribution in [0.15, 0.2) is 54.6 Å². The third kappa shape index (κ3) is 4.90. The Morgan fingerprint density at radius 1 is 1.09 bits per heavy atom. The van der Waals surface area contributed by atoms with Gasteiger partial charge in [0.15, 0.2) is 0 Å². The smallest absolute Gasteiger partial charge is 0.315 e. The molecule has 0 saturated carbocycles. The Balaban J connectivity index is 1.89. The van der Waals surface area contributed by atoms with E-state index in [1.165, 1.54) is 5.56 Å². The van der Waals surface area contributed by atoms with Crippen LogP contribution in [0.3, 0.4) is 0 Å². The van der Waals surface area contributed by atoms with Crippen LogP contribution in [0.2, 0.25) is 0 Å². The van der Waals surface area contributed by atoms with Crippen molar-refractivity contribution < 1.29 is 9.90 Å². The summed E-state index contributed by atoms with van der Waals surface area (Å²) in [6.07, 6.45) is 0.488. The summed E-state index contributed by atoms with van der Waals surface area (Å²) < 4.78 is 0. The molecular formula is C18H22N2O2. The molecule has 0 aromatic heterocycles. The summed E-state index contributed by atoms with van der Waals surface area (Å²) in [5.41, 5.74) is 3.24. The van der Waals surface area contributed by atoms with Crippen LogP contribution in [0.1, 0.15) is 29.2 Å². The van der Waals surface area contributed by atoms with Crippen molar-refractivity contribution in [1.82, 2.24) is 10.6 Å². The molecular weight excluding hydrogens is 276 g/mol. The van der Waals surface area contributed by atoms with Crippen LogP contribution in [0, 0.1) is 6.92 Å². The Labute approximate surface area is 131 Å². The molecule has 116 valence electrons. The SMILES string of the molecule is Cc1ccc(CNC(=O)N[C@H](CCO)c2ccccc2)cc1. The Morgan fingerprint density at radius 2 is 1.77 bits per heavy atom. The average Bonchev–Trinajstić information content (AvgIpc) is 2.55. The van der Waals surface area contributed by atoms with Crippen molar-refractivity contribution in [2.75, 3.05) is 6.61 Å². The number of hydrogen-bond donors (Lipinski definition) is 3. The van der Waals surface area contributed by atoms with Crippen LogP contribution in [-0.2, 0) is 6.54 Å². The Hall–Kier alpha value is -2.33. The van der Waals surface area contributed by atoms with E-state index >= 15 is 0 Å². The number of aliphatic hydroxyl groups is 1. The highest BCUT2D eigenvalue weighted by atomic mass is 16.3. The van der Waals surface area contributed by atoms with E-state index in [2.05, 4.69) is 10.6 Å². The summed E-state index contributed by atoms with van der Waals surface area (Å²) in [6.45, 7) is 2.54. The van der Waals surface area contributed by atoms with E-state index in [4.69, 9.17) is 0 Å². The van der Waals surface area contributed by atoms with Crippen LogP contribution in [0.5, 0.6) is 0 Å². The Morgan fingerprint density at radius 3 is 2.41 bits per heavy atom. The van der Waals surface area contributed by atoms with E-state index in [-0.39, 0.29) is 18.7 Å². The predicted molar refractivity (Wildman–Crippen MR) is 87.4 cm³/mol. The molecule has 4 nitrogen and oxygen atoms in total. The van der Waals surface area contributed by atoms with Gasteiger partial charge in [-0.05, 0) is 24.5 Å². The first-order valence-corrected chi connectivity index (χ1v) is 7.45. The topological polar surface area (TPSA) is 61.4 Å². The second-order valence-corrected chi connectivity index (χ2v) is 5.29. The zero-order chi connectivity index (χ0) is 15.8. The highest BCUT2D eigenvalue weighted by molar-refractivity contribution is 5.74. The molecule has 0 saturated heterocycles. The van der Waals surface area contributed by atoms with Crippen molar-refractivity contribution in [3.05, 3.63) is 71.3 Å². The molecule has 0 bridgehead atoms.